The molecule has 0 fully saturated rings. The van der Waals surface area contributed by atoms with Crippen molar-refractivity contribution in [1.82, 2.24) is 0 Å². The highest BCUT2D eigenvalue weighted by atomic mass is 19.4. The second-order valence-corrected chi connectivity index (χ2v) is 4.11. The summed E-state index contributed by atoms with van der Waals surface area (Å²) in [6.45, 7) is -0.588. The molecule has 1 aromatic rings. The van der Waals surface area contributed by atoms with E-state index in [0.29, 0.717) is 18.5 Å². The molecule has 0 bridgehead atoms. The molecule has 104 valence electrons. The molecule has 0 unspecified atom stereocenters. The molecule has 0 radical (unpaired) electrons. The number of ether oxygens (including phenoxy) is 1. The average Bonchev–Trinajstić information content (AvgIpc) is 2.37. The summed E-state index contributed by atoms with van der Waals surface area (Å²) in [6.07, 6.45) is -3.78. The van der Waals surface area contributed by atoms with Crippen LogP contribution in [0.2, 0.25) is 0 Å². The van der Waals surface area contributed by atoms with Crippen LogP contribution in [0.5, 0.6) is 0 Å². The summed E-state index contributed by atoms with van der Waals surface area (Å²) in [5.41, 5.74) is 1.41. The average molecular weight is 272 g/mol. The van der Waals surface area contributed by atoms with Crippen molar-refractivity contribution in [1.29, 1.82) is 5.26 Å². The van der Waals surface area contributed by atoms with Crippen LogP contribution >= 0.6 is 0 Å². The van der Waals surface area contributed by atoms with Crippen LogP contribution in [0, 0.1) is 11.3 Å². The number of hydrogen-bond acceptors (Lipinski definition) is 3. The highest BCUT2D eigenvalue weighted by Crippen LogP contribution is 2.16. The molecule has 6 heteroatoms. The Labute approximate surface area is 110 Å². The maximum Gasteiger partial charge on any atom is 0.411 e. The summed E-state index contributed by atoms with van der Waals surface area (Å²) in [6, 6.07) is 9.08. The fraction of sp³-hybridized carbons (Fsp3) is 0.462. The molecule has 3 nitrogen and oxygen atoms in total. The maximum atomic E-state index is 11.8. The van der Waals surface area contributed by atoms with E-state index in [1.807, 2.05) is 24.1 Å². The highest BCUT2D eigenvalue weighted by molar-refractivity contribution is 5.50. The van der Waals surface area contributed by atoms with Crippen LogP contribution in [0.4, 0.5) is 18.9 Å². The Hall–Kier alpha value is -1.74. The molecule has 0 saturated heterocycles. The Bertz CT molecular complexity index is 440. The van der Waals surface area contributed by atoms with Gasteiger partial charge in [0, 0.05) is 25.9 Å². The lowest BCUT2D eigenvalue weighted by molar-refractivity contribution is -0.173. The van der Waals surface area contributed by atoms with Gasteiger partial charge in [-0.05, 0) is 24.6 Å². The molecule has 0 N–H and O–H groups in total. The Morgan fingerprint density at radius 1 is 1.37 bits per heavy atom. The fourth-order valence-electron chi connectivity index (χ4n) is 1.53. The van der Waals surface area contributed by atoms with Gasteiger partial charge in [0.2, 0.25) is 0 Å². The molecule has 0 atom stereocenters. The number of nitriles is 1. The summed E-state index contributed by atoms with van der Waals surface area (Å²) in [7, 11) is 1.82. The van der Waals surface area contributed by atoms with Crippen LogP contribution in [-0.2, 0) is 4.74 Å². The topological polar surface area (TPSA) is 36.3 Å². The predicted molar refractivity (Wildman–Crippen MR) is 65.9 cm³/mol. The van der Waals surface area contributed by atoms with Gasteiger partial charge in [0.15, 0.2) is 0 Å². The van der Waals surface area contributed by atoms with Crippen molar-refractivity contribution in [2.24, 2.45) is 0 Å². The molecule has 0 amide bonds. The van der Waals surface area contributed by atoms with Crippen molar-refractivity contribution >= 4 is 5.69 Å². The van der Waals surface area contributed by atoms with Crippen molar-refractivity contribution < 1.29 is 17.9 Å². The molecule has 0 aliphatic heterocycles. The first-order valence-corrected chi connectivity index (χ1v) is 5.78. The van der Waals surface area contributed by atoms with E-state index in [1.165, 1.54) is 0 Å². The Morgan fingerprint density at radius 3 is 2.74 bits per heavy atom. The number of rotatable bonds is 6. The van der Waals surface area contributed by atoms with Gasteiger partial charge in [0.1, 0.15) is 6.61 Å². The first-order chi connectivity index (χ1) is 8.92. The molecule has 0 aliphatic rings. The quantitative estimate of drug-likeness (QED) is 0.747. The lowest BCUT2D eigenvalue weighted by atomic mass is 10.2. The zero-order chi connectivity index (χ0) is 14.3. The molecule has 0 aromatic heterocycles. The molecule has 1 aromatic carbocycles. The summed E-state index contributed by atoms with van der Waals surface area (Å²) in [4.78, 5) is 1.87. The number of alkyl halides is 3. The number of halogens is 3. The summed E-state index contributed by atoms with van der Waals surface area (Å²) in [5, 5.41) is 8.77. The monoisotopic (exact) mass is 272 g/mol. The summed E-state index contributed by atoms with van der Waals surface area (Å²) < 4.78 is 40.0. The van der Waals surface area contributed by atoms with E-state index >= 15 is 0 Å². The van der Waals surface area contributed by atoms with Crippen molar-refractivity contribution in [3.05, 3.63) is 29.8 Å². The van der Waals surface area contributed by atoms with Crippen LogP contribution < -0.4 is 4.90 Å². The lowest BCUT2D eigenvalue weighted by Gasteiger charge is -2.19. The second-order valence-electron chi connectivity index (χ2n) is 4.11. The van der Waals surface area contributed by atoms with Gasteiger partial charge in [-0.1, -0.05) is 6.07 Å². The third-order valence-corrected chi connectivity index (χ3v) is 2.46. The zero-order valence-corrected chi connectivity index (χ0v) is 10.6. The molecule has 0 spiro atoms. The van der Waals surface area contributed by atoms with E-state index in [-0.39, 0.29) is 6.61 Å². The van der Waals surface area contributed by atoms with Gasteiger partial charge in [-0.2, -0.15) is 18.4 Å². The molecule has 0 heterocycles. The summed E-state index contributed by atoms with van der Waals surface area (Å²) >= 11 is 0. The Kier molecular flexibility index (Phi) is 5.64. The van der Waals surface area contributed by atoms with Gasteiger partial charge in [0.05, 0.1) is 11.6 Å². The van der Waals surface area contributed by atoms with Crippen molar-refractivity contribution in [3.63, 3.8) is 0 Å². The van der Waals surface area contributed by atoms with Crippen LogP contribution in [0.15, 0.2) is 24.3 Å². The minimum Gasteiger partial charge on any atom is -0.374 e. The first kappa shape index (κ1) is 15.3. The molecule has 1 rings (SSSR count). The zero-order valence-electron chi connectivity index (χ0n) is 10.6. The number of anilines is 1. The van der Waals surface area contributed by atoms with Gasteiger partial charge < -0.3 is 9.64 Å². The van der Waals surface area contributed by atoms with E-state index in [0.717, 1.165) is 5.69 Å². The SMILES string of the molecule is CN(CCCOCC(F)(F)F)c1cccc(C#N)c1. The van der Waals surface area contributed by atoms with Gasteiger partial charge in [-0.3, -0.25) is 0 Å². The lowest BCUT2D eigenvalue weighted by Crippen LogP contribution is -2.22. The third kappa shape index (κ3) is 6.11. The first-order valence-electron chi connectivity index (χ1n) is 5.78. The van der Waals surface area contributed by atoms with Crippen LogP contribution in [0.3, 0.4) is 0 Å². The van der Waals surface area contributed by atoms with E-state index in [9.17, 15) is 13.2 Å². The van der Waals surface area contributed by atoms with E-state index < -0.39 is 12.8 Å². The number of hydrogen-bond donors (Lipinski definition) is 0. The van der Waals surface area contributed by atoms with E-state index in [4.69, 9.17) is 5.26 Å². The highest BCUT2D eigenvalue weighted by Gasteiger charge is 2.27. The molecule has 0 aliphatic carbocycles. The third-order valence-electron chi connectivity index (χ3n) is 2.46. The molecule has 0 saturated carbocycles. The maximum absolute atomic E-state index is 11.8. The normalized spacial score (nSPS) is 11.1. The Balaban J connectivity index is 2.31. The minimum absolute atomic E-state index is 0.0573. The standard InChI is InChI=1S/C13H15F3N2O/c1-18(6-3-7-19-10-13(14,15)16)12-5-2-4-11(8-12)9-17/h2,4-5,8H,3,6-7,10H2,1H3. The molecular formula is C13H15F3N2O. The van der Waals surface area contributed by atoms with Crippen molar-refractivity contribution in [2.45, 2.75) is 12.6 Å². The van der Waals surface area contributed by atoms with Gasteiger partial charge >= 0.3 is 6.18 Å². The summed E-state index contributed by atoms with van der Waals surface area (Å²) in [5.74, 6) is 0. The second kappa shape index (κ2) is 7.00. The van der Waals surface area contributed by atoms with Crippen molar-refractivity contribution in [3.8, 4) is 6.07 Å². The fourth-order valence-corrected chi connectivity index (χ4v) is 1.53. The van der Waals surface area contributed by atoms with E-state index in [1.54, 1.807) is 18.2 Å². The van der Waals surface area contributed by atoms with Crippen molar-refractivity contribution in [2.75, 3.05) is 31.7 Å². The number of nitrogens with zero attached hydrogens (tertiary/aromatic N) is 2. The number of benzene rings is 1. The van der Waals surface area contributed by atoms with Gasteiger partial charge in [-0.25, -0.2) is 0 Å². The minimum atomic E-state index is -4.27. The van der Waals surface area contributed by atoms with E-state index in [2.05, 4.69) is 4.74 Å². The van der Waals surface area contributed by atoms with Crippen LogP contribution in [-0.4, -0.2) is 33.0 Å². The van der Waals surface area contributed by atoms with Crippen LogP contribution in [0.1, 0.15) is 12.0 Å². The van der Waals surface area contributed by atoms with Gasteiger partial charge in [-0.15, -0.1) is 0 Å². The predicted octanol–water partition coefficient (Wildman–Crippen LogP) is 2.96. The van der Waals surface area contributed by atoms with Gasteiger partial charge in [0.25, 0.3) is 0 Å². The molecular weight excluding hydrogens is 257 g/mol. The molecule has 19 heavy (non-hydrogen) atoms. The van der Waals surface area contributed by atoms with Crippen LogP contribution in [0.25, 0.3) is 0 Å². The Morgan fingerprint density at radius 2 is 2.11 bits per heavy atom. The smallest absolute Gasteiger partial charge is 0.374 e. The largest absolute Gasteiger partial charge is 0.411 e.